The van der Waals surface area contributed by atoms with Gasteiger partial charge in [0.2, 0.25) is 0 Å². The summed E-state index contributed by atoms with van der Waals surface area (Å²) in [7, 11) is 0. The Morgan fingerprint density at radius 2 is 1.90 bits per heavy atom. The molecular weight excluding hydrogens is 599 g/mol. The minimum atomic E-state index is -4.98. The predicted octanol–water partition coefficient (Wildman–Crippen LogP) is 6.67. The maximum absolute atomic E-state index is 14.9. The topological polar surface area (TPSA) is 78.2 Å². The van der Waals surface area contributed by atoms with E-state index in [1.807, 2.05) is 0 Å². The fourth-order valence-electron chi connectivity index (χ4n) is 5.26. The Balaban J connectivity index is 1.49. The van der Waals surface area contributed by atoms with E-state index in [2.05, 4.69) is 30.9 Å². The molecule has 204 valence electrons. The van der Waals surface area contributed by atoms with E-state index in [9.17, 15) is 35.5 Å². The van der Waals surface area contributed by atoms with Crippen LogP contribution in [0.15, 0.2) is 28.7 Å². The third kappa shape index (κ3) is 4.88. The van der Waals surface area contributed by atoms with Crippen LogP contribution in [0.5, 0.6) is 0 Å². The van der Waals surface area contributed by atoms with Gasteiger partial charge in [-0.05, 0) is 58.5 Å². The van der Waals surface area contributed by atoms with Gasteiger partial charge in [0.05, 0.1) is 10.2 Å². The van der Waals surface area contributed by atoms with Gasteiger partial charge in [0.1, 0.15) is 29.6 Å². The van der Waals surface area contributed by atoms with Gasteiger partial charge in [-0.25, -0.2) is 8.78 Å². The van der Waals surface area contributed by atoms with E-state index in [1.54, 1.807) is 0 Å². The van der Waals surface area contributed by atoms with Crippen LogP contribution >= 0.6 is 15.9 Å². The summed E-state index contributed by atoms with van der Waals surface area (Å²) in [6.07, 6.45) is -5.71. The Labute approximate surface area is 225 Å². The van der Waals surface area contributed by atoms with Crippen LogP contribution in [0.1, 0.15) is 52.9 Å². The van der Waals surface area contributed by atoms with Gasteiger partial charge in [0, 0.05) is 29.9 Å². The number of pyridine rings is 1. The first-order chi connectivity index (χ1) is 18.2. The van der Waals surface area contributed by atoms with Crippen LogP contribution in [0, 0.1) is 24.1 Å². The van der Waals surface area contributed by atoms with E-state index >= 15 is 0 Å². The Morgan fingerprint density at radius 3 is 2.51 bits per heavy atom. The number of aromatic nitrogens is 3. The molecule has 6 nitrogen and oxygen atoms in total. The first kappa shape index (κ1) is 27.1. The van der Waals surface area contributed by atoms with Crippen molar-refractivity contribution in [2.45, 2.75) is 49.7 Å². The molecule has 2 heterocycles. The Hall–Kier alpha value is -3.47. The maximum atomic E-state index is 14.9. The van der Waals surface area contributed by atoms with Crippen molar-refractivity contribution in [2.24, 2.45) is 5.92 Å². The van der Waals surface area contributed by atoms with Crippen LogP contribution in [0.25, 0.3) is 4.85 Å². The van der Waals surface area contributed by atoms with Crippen LogP contribution in [0.2, 0.25) is 0 Å². The molecule has 39 heavy (non-hydrogen) atoms. The highest BCUT2D eigenvalue weighted by molar-refractivity contribution is 9.10. The fourth-order valence-corrected chi connectivity index (χ4v) is 5.92. The first-order valence-electron chi connectivity index (χ1n) is 11.6. The molecule has 0 bridgehead atoms. The third-order valence-electron chi connectivity index (χ3n) is 6.91. The molecule has 0 saturated heterocycles. The van der Waals surface area contributed by atoms with Gasteiger partial charge in [-0.3, -0.25) is 9.48 Å². The minimum absolute atomic E-state index is 0.0232. The number of benzene rings is 1. The second-order valence-corrected chi connectivity index (χ2v) is 10.5. The lowest BCUT2D eigenvalue weighted by Crippen LogP contribution is -2.24. The molecule has 5 rings (SSSR count). The molecule has 2 aromatic heterocycles. The molecule has 0 radical (unpaired) electrons. The fraction of sp³-hybridized carbons (Fsp3) is 0.360. The van der Waals surface area contributed by atoms with Crippen LogP contribution in [0.4, 0.5) is 42.2 Å². The third-order valence-corrected chi connectivity index (χ3v) is 7.54. The van der Waals surface area contributed by atoms with Gasteiger partial charge >= 0.3 is 6.18 Å². The molecule has 2 N–H and O–H groups in total. The molecule has 0 amide bonds. The number of alkyl halides is 5. The molecule has 1 fully saturated rings. The molecular formula is C25H17BrF7N5O. The first-order valence-corrected chi connectivity index (χ1v) is 12.4. The van der Waals surface area contributed by atoms with Crippen molar-refractivity contribution in [3.63, 3.8) is 0 Å². The van der Waals surface area contributed by atoms with Crippen molar-refractivity contribution < 1.29 is 35.5 Å². The molecule has 14 heteroatoms. The number of carbonyl (C=O) groups excluding carboxylic acids is 1. The van der Waals surface area contributed by atoms with Crippen LogP contribution < -0.4 is 5.73 Å². The lowest BCUT2D eigenvalue weighted by atomic mass is 9.90. The number of hydrogen-bond donors (Lipinski definition) is 1. The number of nitrogen functional groups attached to an aromatic ring is 1. The van der Waals surface area contributed by atoms with Crippen LogP contribution in [0.3, 0.4) is 0 Å². The molecule has 3 aromatic rings. The number of Topliss-reactive ketones (excluding diaryl/α,β-unsaturated/α-hetero) is 1. The Morgan fingerprint density at radius 1 is 1.23 bits per heavy atom. The number of halogens is 8. The number of nitrogens with two attached hydrogens (primary N) is 1. The summed E-state index contributed by atoms with van der Waals surface area (Å²) >= 11 is 3.26. The molecule has 2 aliphatic rings. The van der Waals surface area contributed by atoms with Crippen LogP contribution in [-0.2, 0) is 29.9 Å². The van der Waals surface area contributed by atoms with E-state index in [0.29, 0.717) is 10.7 Å². The second kappa shape index (κ2) is 9.32. The standard InChI is InChI=1S/C25H17BrF7N5O/c1-35-23-18(34)8-17(26)20(36-23)11(2-10-3-12(27)6-13(28)4-10)5-14(39)9-38-22-19(21(37-38)25(31,32)33)15-7-16(15)24(22,29)30/h3-4,6,8,11,15-16H,2,5,7,9,34H2/t11-,15+,16-/m1/s1. The van der Waals surface area contributed by atoms with Gasteiger partial charge in [0.25, 0.3) is 11.7 Å². The van der Waals surface area contributed by atoms with E-state index in [-0.39, 0.29) is 40.1 Å². The number of ketones is 1. The number of hydrogen-bond acceptors (Lipinski definition) is 4. The van der Waals surface area contributed by atoms with Crippen molar-refractivity contribution in [1.29, 1.82) is 0 Å². The molecule has 1 saturated carbocycles. The average molecular weight is 616 g/mol. The molecule has 1 aromatic carbocycles. The normalized spacial score (nSPS) is 19.8. The lowest BCUT2D eigenvalue weighted by Gasteiger charge is -2.18. The highest BCUT2D eigenvalue weighted by Crippen LogP contribution is 2.68. The summed E-state index contributed by atoms with van der Waals surface area (Å²) in [5, 5.41) is 3.37. The summed E-state index contributed by atoms with van der Waals surface area (Å²) in [6, 6.07) is 4.08. The number of nitrogens with zero attached hydrogens (tertiary/aromatic N) is 4. The number of rotatable bonds is 7. The number of fused-ring (bicyclic) bond motifs is 3. The van der Waals surface area contributed by atoms with Crippen molar-refractivity contribution in [3.8, 4) is 0 Å². The van der Waals surface area contributed by atoms with Gasteiger partial charge in [-0.2, -0.15) is 27.1 Å². The van der Waals surface area contributed by atoms with E-state index < -0.39 is 77.2 Å². The molecule has 0 spiro atoms. The predicted molar refractivity (Wildman–Crippen MR) is 127 cm³/mol. The molecule has 0 aliphatic heterocycles. The average Bonchev–Trinajstić information content (AvgIpc) is 3.46. The zero-order chi connectivity index (χ0) is 28.4. The van der Waals surface area contributed by atoms with Crippen LogP contribution in [-0.4, -0.2) is 20.5 Å². The summed E-state index contributed by atoms with van der Waals surface area (Å²) in [5.74, 6) is -9.48. The number of anilines is 1. The second-order valence-electron chi connectivity index (χ2n) is 9.64. The summed E-state index contributed by atoms with van der Waals surface area (Å²) in [6.45, 7) is 6.38. The Kier molecular flexibility index (Phi) is 6.48. The van der Waals surface area contributed by atoms with Gasteiger partial charge < -0.3 is 10.6 Å². The summed E-state index contributed by atoms with van der Waals surface area (Å²) < 4.78 is 99.0. The lowest BCUT2D eigenvalue weighted by molar-refractivity contribution is -0.142. The van der Waals surface area contributed by atoms with E-state index in [1.165, 1.54) is 6.07 Å². The number of carbonyl (C=O) groups is 1. The van der Waals surface area contributed by atoms with Gasteiger partial charge in [0.15, 0.2) is 11.5 Å². The highest BCUT2D eigenvalue weighted by Gasteiger charge is 2.68. The quantitative estimate of drug-likeness (QED) is 0.238. The smallest absolute Gasteiger partial charge is 0.406 e. The summed E-state index contributed by atoms with van der Waals surface area (Å²) in [4.78, 5) is 20.5. The van der Waals surface area contributed by atoms with E-state index in [0.717, 1.165) is 12.1 Å². The molecule has 2 aliphatic carbocycles. The van der Waals surface area contributed by atoms with Gasteiger partial charge in [-0.15, -0.1) is 4.98 Å². The largest absolute Gasteiger partial charge is 0.435 e. The van der Waals surface area contributed by atoms with Crippen molar-refractivity contribution >= 4 is 33.2 Å². The Bertz CT molecular complexity index is 1520. The summed E-state index contributed by atoms with van der Waals surface area (Å²) in [5.41, 5.74) is 3.16. The van der Waals surface area contributed by atoms with Crippen molar-refractivity contribution in [1.82, 2.24) is 14.8 Å². The SMILES string of the molecule is [C-]#[N+]c1nc([C@@H](CC(=O)Cn2nc(C(F)(F)F)c3c2C(F)(F)[C@@H]2C[C@H]32)Cc2cc(F)cc(F)c2)c(Br)cc1N. The van der Waals surface area contributed by atoms with Crippen molar-refractivity contribution in [2.75, 3.05) is 5.73 Å². The molecule has 0 unspecified atom stereocenters. The monoisotopic (exact) mass is 615 g/mol. The van der Waals surface area contributed by atoms with E-state index in [4.69, 9.17) is 12.3 Å². The highest BCUT2D eigenvalue weighted by atomic mass is 79.9. The minimum Gasteiger partial charge on any atom is -0.406 e. The van der Waals surface area contributed by atoms with Gasteiger partial charge in [-0.1, -0.05) is 6.57 Å². The van der Waals surface area contributed by atoms with Crippen molar-refractivity contribution in [3.05, 3.63) is 80.0 Å². The zero-order valence-corrected chi connectivity index (χ0v) is 21.3. The maximum Gasteiger partial charge on any atom is 0.435 e. The molecule has 3 atom stereocenters. The zero-order valence-electron chi connectivity index (χ0n) is 19.7.